The van der Waals surface area contributed by atoms with Crippen molar-refractivity contribution in [3.05, 3.63) is 0 Å². The third-order valence-corrected chi connectivity index (χ3v) is 1.78. The molecule has 62 valence electrons. The first-order valence-corrected chi connectivity index (χ1v) is 3.89. The number of nitrogens with zero attached hydrogens (tertiary/aromatic N) is 2. The first kappa shape index (κ1) is 8.24. The molecule has 1 aliphatic heterocycles. The molecule has 0 bridgehead atoms. The Kier molecular flexibility index (Phi) is 2.27. The molecule has 11 heavy (non-hydrogen) atoms. The average Bonchev–Trinajstić information content (AvgIpc) is 2.09. The fourth-order valence-electron chi connectivity index (χ4n) is 1.31. The predicted octanol–water partition coefficient (Wildman–Crippen LogP) is 1.05. The van der Waals surface area contributed by atoms with Crippen LogP contribution in [0.15, 0.2) is 5.10 Å². The minimum absolute atomic E-state index is 0.176. The highest BCUT2D eigenvalue weighted by Crippen LogP contribution is 2.13. The van der Waals surface area contributed by atoms with E-state index in [1.165, 1.54) is 0 Å². The van der Waals surface area contributed by atoms with Crippen molar-refractivity contribution in [2.75, 3.05) is 6.54 Å². The maximum atomic E-state index is 10.7. The normalized spacial score (nSPS) is 23.7. The van der Waals surface area contributed by atoms with Crippen molar-refractivity contribution >= 4 is 11.5 Å². The first-order chi connectivity index (χ1) is 5.09. The Bertz CT molecular complexity index is 198. The van der Waals surface area contributed by atoms with E-state index in [1.54, 1.807) is 6.92 Å². The molecule has 0 aliphatic carbocycles. The average molecular weight is 154 g/mol. The second-order valence-electron chi connectivity index (χ2n) is 3.19. The smallest absolute Gasteiger partial charge is 0.150 e. The molecule has 3 heteroatoms. The Balaban J connectivity index is 2.52. The fourth-order valence-corrected chi connectivity index (χ4v) is 1.31. The van der Waals surface area contributed by atoms with Gasteiger partial charge in [-0.25, -0.2) is 0 Å². The van der Waals surface area contributed by atoms with Crippen LogP contribution in [0.5, 0.6) is 0 Å². The highest BCUT2D eigenvalue weighted by atomic mass is 16.1. The van der Waals surface area contributed by atoms with Crippen molar-refractivity contribution in [2.24, 2.45) is 5.10 Å². The molecule has 0 saturated heterocycles. The van der Waals surface area contributed by atoms with Gasteiger partial charge in [-0.1, -0.05) is 0 Å². The Morgan fingerprint density at radius 3 is 2.82 bits per heavy atom. The zero-order valence-corrected chi connectivity index (χ0v) is 7.29. The number of hydrogen-bond donors (Lipinski definition) is 0. The summed E-state index contributed by atoms with van der Waals surface area (Å²) in [5.74, 6) is 0.176. The molecular formula is C8H14N2O. The van der Waals surface area contributed by atoms with Gasteiger partial charge in [0, 0.05) is 18.2 Å². The second-order valence-corrected chi connectivity index (χ2v) is 3.19. The number of hydrazone groups is 1. The molecule has 3 nitrogen and oxygen atoms in total. The van der Waals surface area contributed by atoms with Gasteiger partial charge < -0.3 is 0 Å². The molecule has 1 aliphatic rings. The van der Waals surface area contributed by atoms with E-state index >= 15 is 0 Å². The van der Waals surface area contributed by atoms with Gasteiger partial charge in [-0.2, -0.15) is 5.10 Å². The van der Waals surface area contributed by atoms with Crippen LogP contribution in [0, 0.1) is 0 Å². The molecule has 1 rings (SSSR count). The minimum Gasteiger partial charge on any atom is -0.298 e. The van der Waals surface area contributed by atoms with Gasteiger partial charge in [0.15, 0.2) is 5.78 Å². The van der Waals surface area contributed by atoms with Crippen molar-refractivity contribution in [1.82, 2.24) is 5.01 Å². The summed E-state index contributed by atoms with van der Waals surface area (Å²) in [6, 6.07) is 0.402. The monoisotopic (exact) mass is 154 g/mol. The summed E-state index contributed by atoms with van der Waals surface area (Å²) in [5.41, 5.74) is 1.12. The van der Waals surface area contributed by atoms with Crippen LogP contribution in [0.4, 0.5) is 0 Å². The predicted molar refractivity (Wildman–Crippen MR) is 44.6 cm³/mol. The molecule has 0 spiro atoms. The van der Waals surface area contributed by atoms with Gasteiger partial charge in [-0.3, -0.25) is 9.80 Å². The summed E-state index contributed by atoms with van der Waals surface area (Å²) in [6.45, 7) is 6.13. The molecule has 1 unspecified atom stereocenters. The van der Waals surface area contributed by atoms with E-state index < -0.39 is 0 Å². The summed E-state index contributed by atoms with van der Waals surface area (Å²) in [6.07, 6.45) is 0.993. The van der Waals surface area contributed by atoms with Crippen LogP contribution in [0.1, 0.15) is 27.2 Å². The number of carbonyl (C=O) groups is 1. The largest absolute Gasteiger partial charge is 0.298 e. The Morgan fingerprint density at radius 1 is 1.82 bits per heavy atom. The molecule has 0 amide bonds. The summed E-state index contributed by atoms with van der Waals surface area (Å²) in [7, 11) is 0. The lowest BCUT2D eigenvalue weighted by Crippen LogP contribution is -2.28. The van der Waals surface area contributed by atoms with Crippen LogP contribution < -0.4 is 0 Å². The van der Waals surface area contributed by atoms with Gasteiger partial charge in [0.2, 0.25) is 0 Å². The lowest BCUT2D eigenvalue weighted by molar-refractivity contribution is -0.118. The van der Waals surface area contributed by atoms with E-state index in [2.05, 4.69) is 12.0 Å². The quantitative estimate of drug-likeness (QED) is 0.595. The molecule has 1 heterocycles. The van der Waals surface area contributed by atoms with E-state index in [-0.39, 0.29) is 5.78 Å². The van der Waals surface area contributed by atoms with Gasteiger partial charge in [-0.15, -0.1) is 0 Å². The van der Waals surface area contributed by atoms with Crippen LogP contribution >= 0.6 is 0 Å². The number of Topliss-reactive ketones (excluding diaryl/α,β-unsaturated/α-hetero) is 1. The van der Waals surface area contributed by atoms with Gasteiger partial charge in [0.05, 0.1) is 6.54 Å². The molecule has 0 aromatic rings. The van der Waals surface area contributed by atoms with E-state index in [0.29, 0.717) is 12.6 Å². The second kappa shape index (κ2) is 3.03. The number of carbonyl (C=O) groups excluding carboxylic acids is 1. The van der Waals surface area contributed by atoms with Gasteiger partial charge in [0.25, 0.3) is 0 Å². The summed E-state index contributed by atoms with van der Waals surface area (Å²) in [5, 5.41) is 6.10. The van der Waals surface area contributed by atoms with Crippen molar-refractivity contribution in [3.8, 4) is 0 Å². The molecule has 0 aromatic carbocycles. The number of hydrogen-bond acceptors (Lipinski definition) is 3. The lowest BCUT2D eigenvalue weighted by Gasteiger charge is -2.17. The third-order valence-electron chi connectivity index (χ3n) is 1.78. The van der Waals surface area contributed by atoms with Crippen molar-refractivity contribution in [3.63, 3.8) is 0 Å². The van der Waals surface area contributed by atoms with Crippen molar-refractivity contribution in [1.29, 1.82) is 0 Å². The molecule has 1 atom stereocenters. The van der Waals surface area contributed by atoms with Crippen LogP contribution in [0.3, 0.4) is 0 Å². The highest BCUT2D eigenvalue weighted by molar-refractivity contribution is 5.84. The minimum atomic E-state index is 0.176. The van der Waals surface area contributed by atoms with Crippen LogP contribution in [0.25, 0.3) is 0 Å². The Morgan fingerprint density at radius 2 is 2.45 bits per heavy atom. The standard InChI is InChI=1S/C8H14N2O/c1-6-4-7(2)10(9-6)5-8(3)11/h7H,4-5H2,1-3H3. The number of ketones is 1. The molecule has 0 radical (unpaired) electrons. The van der Waals surface area contributed by atoms with Crippen LogP contribution in [-0.4, -0.2) is 29.1 Å². The Labute approximate surface area is 67.1 Å². The van der Waals surface area contributed by atoms with E-state index in [9.17, 15) is 4.79 Å². The number of rotatable bonds is 2. The van der Waals surface area contributed by atoms with Gasteiger partial charge in [-0.05, 0) is 20.8 Å². The summed E-state index contributed by atoms with van der Waals surface area (Å²) >= 11 is 0. The highest BCUT2D eigenvalue weighted by Gasteiger charge is 2.20. The van der Waals surface area contributed by atoms with Crippen LogP contribution in [-0.2, 0) is 4.79 Å². The maximum Gasteiger partial charge on any atom is 0.150 e. The molecule has 0 aromatic heterocycles. The first-order valence-electron chi connectivity index (χ1n) is 3.89. The maximum absolute atomic E-state index is 10.7. The topological polar surface area (TPSA) is 32.7 Å². The molecule has 0 fully saturated rings. The Hall–Kier alpha value is -0.860. The SMILES string of the molecule is CC(=O)CN1N=C(C)CC1C. The van der Waals surface area contributed by atoms with E-state index in [4.69, 9.17) is 0 Å². The summed E-state index contributed by atoms with van der Waals surface area (Å²) < 4.78 is 0. The molecular weight excluding hydrogens is 140 g/mol. The zero-order valence-electron chi connectivity index (χ0n) is 7.29. The lowest BCUT2D eigenvalue weighted by atomic mass is 10.2. The fraction of sp³-hybridized carbons (Fsp3) is 0.750. The van der Waals surface area contributed by atoms with Crippen molar-refractivity contribution in [2.45, 2.75) is 33.2 Å². The van der Waals surface area contributed by atoms with Crippen molar-refractivity contribution < 1.29 is 4.79 Å². The van der Waals surface area contributed by atoms with Gasteiger partial charge in [0.1, 0.15) is 0 Å². The molecule has 0 N–H and O–H groups in total. The van der Waals surface area contributed by atoms with E-state index in [0.717, 1.165) is 12.1 Å². The zero-order chi connectivity index (χ0) is 8.43. The summed E-state index contributed by atoms with van der Waals surface area (Å²) in [4.78, 5) is 10.7. The van der Waals surface area contributed by atoms with Gasteiger partial charge >= 0.3 is 0 Å². The van der Waals surface area contributed by atoms with Crippen LogP contribution in [0.2, 0.25) is 0 Å². The molecule has 0 saturated carbocycles. The third kappa shape index (κ3) is 2.03. The van der Waals surface area contributed by atoms with E-state index in [1.807, 2.05) is 11.9 Å².